The number of nitrogens with two attached hydrogens (primary N) is 1. The SMILES string of the molecule is Cc1cccc(C(=O)N2[C@H](C(N)=O)C[C@H]3CCCC[C@@H]32)c1. The highest BCUT2D eigenvalue weighted by atomic mass is 16.2. The second-order valence-electron chi connectivity index (χ2n) is 6.35. The van der Waals surface area contributed by atoms with Gasteiger partial charge in [0.15, 0.2) is 0 Å². The molecule has 0 spiro atoms. The minimum absolute atomic E-state index is 0.0445. The molecular formula is C17H22N2O2. The topological polar surface area (TPSA) is 63.4 Å². The molecule has 1 aromatic rings. The van der Waals surface area contributed by atoms with Crippen LogP contribution < -0.4 is 5.73 Å². The van der Waals surface area contributed by atoms with Crippen LogP contribution in [0.4, 0.5) is 0 Å². The van der Waals surface area contributed by atoms with Crippen molar-refractivity contribution < 1.29 is 9.59 Å². The quantitative estimate of drug-likeness (QED) is 0.906. The summed E-state index contributed by atoms with van der Waals surface area (Å²) in [5.41, 5.74) is 7.27. The second-order valence-corrected chi connectivity index (χ2v) is 6.35. The highest BCUT2D eigenvalue weighted by molar-refractivity contribution is 5.98. The molecule has 2 aliphatic rings. The summed E-state index contributed by atoms with van der Waals surface area (Å²) < 4.78 is 0. The van der Waals surface area contributed by atoms with Crippen molar-refractivity contribution in [3.05, 3.63) is 35.4 Å². The van der Waals surface area contributed by atoms with E-state index >= 15 is 0 Å². The third-order valence-electron chi connectivity index (χ3n) is 4.92. The third kappa shape index (κ3) is 2.55. The van der Waals surface area contributed by atoms with Crippen molar-refractivity contribution in [2.75, 3.05) is 0 Å². The molecular weight excluding hydrogens is 264 g/mol. The standard InChI is InChI=1S/C17H22N2O2/c1-11-5-4-7-13(9-11)17(21)19-14-8-3-2-6-12(14)10-15(19)16(18)20/h4-5,7,9,12,14-15H,2-3,6,8,10H2,1H3,(H2,18,20)/t12-,14+,15+/m1/s1. The Morgan fingerprint density at radius 1 is 1.24 bits per heavy atom. The Morgan fingerprint density at radius 2 is 2.00 bits per heavy atom. The van der Waals surface area contributed by atoms with Crippen molar-refractivity contribution in [3.63, 3.8) is 0 Å². The summed E-state index contributed by atoms with van der Waals surface area (Å²) in [6, 6.07) is 7.31. The summed E-state index contributed by atoms with van der Waals surface area (Å²) >= 11 is 0. The van der Waals surface area contributed by atoms with Crippen LogP contribution in [0.3, 0.4) is 0 Å². The number of fused-ring (bicyclic) bond motifs is 1. The Labute approximate surface area is 125 Å². The van der Waals surface area contributed by atoms with E-state index in [1.165, 1.54) is 6.42 Å². The van der Waals surface area contributed by atoms with E-state index in [9.17, 15) is 9.59 Å². The van der Waals surface area contributed by atoms with Crippen LogP contribution in [0.15, 0.2) is 24.3 Å². The highest BCUT2D eigenvalue weighted by Gasteiger charge is 2.46. The molecule has 2 N–H and O–H groups in total. The summed E-state index contributed by atoms with van der Waals surface area (Å²) in [5, 5.41) is 0. The van der Waals surface area contributed by atoms with Crippen LogP contribution in [0.2, 0.25) is 0 Å². The molecule has 1 aliphatic carbocycles. The van der Waals surface area contributed by atoms with E-state index in [1.807, 2.05) is 31.2 Å². The Balaban J connectivity index is 1.92. The molecule has 3 rings (SSSR count). The van der Waals surface area contributed by atoms with Crippen LogP contribution in [0.1, 0.15) is 48.0 Å². The molecule has 3 atom stereocenters. The first kappa shape index (κ1) is 14.1. The zero-order chi connectivity index (χ0) is 15.0. The van der Waals surface area contributed by atoms with Gasteiger partial charge in [-0.3, -0.25) is 9.59 Å². The lowest BCUT2D eigenvalue weighted by Gasteiger charge is -2.33. The first-order valence-electron chi connectivity index (χ1n) is 7.76. The van der Waals surface area contributed by atoms with E-state index in [-0.39, 0.29) is 17.9 Å². The van der Waals surface area contributed by atoms with Gasteiger partial charge in [-0.2, -0.15) is 0 Å². The fraction of sp³-hybridized carbons (Fsp3) is 0.529. The molecule has 4 heteroatoms. The molecule has 0 unspecified atom stereocenters. The van der Waals surface area contributed by atoms with Gasteiger partial charge >= 0.3 is 0 Å². The van der Waals surface area contributed by atoms with Crippen LogP contribution in [-0.2, 0) is 4.79 Å². The van der Waals surface area contributed by atoms with Crippen LogP contribution in [0.5, 0.6) is 0 Å². The fourth-order valence-corrected chi connectivity index (χ4v) is 3.93. The maximum atomic E-state index is 12.9. The number of benzene rings is 1. The van der Waals surface area contributed by atoms with E-state index in [1.54, 1.807) is 4.90 Å². The van der Waals surface area contributed by atoms with Crippen molar-refractivity contribution >= 4 is 11.8 Å². The number of primary amides is 1. The van der Waals surface area contributed by atoms with E-state index in [4.69, 9.17) is 5.73 Å². The molecule has 0 aromatic heterocycles. The van der Waals surface area contributed by atoms with Crippen molar-refractivity contribution in [3.8, 4) is 0 Å². The minimum Gasteiger partial charge on any atom is -0.368 e. The zero-order valence-corrected chi connectivity index (χ0v) is 12.4. The maximum Gasteiger partial charge on any atom is 0.254 e. The predicted molar refractivity (Wildman–Crippen MR) is 80.7 cm³/mol. The largest absolute Gasteiger partial charge is 0.368 e. The summed E-state index contributed by atoms with van der Waals surface area (Å²) in [4.78, 5) is 26.5. The summed E-state index contributed by atoms with van der Waals surface area (Å²) in [6.45, 7) is 1.97. The van der Waals surface area contributed by atoms with Gasteiger partial charge < -0.3 is 10.6 Å². The van der Waals surface area contributed by atoms with Crippen LogP contribution in [-0.4, -0.2) is 28.8 Å². The summed E-state index contributed by atoms with van der Waals surface area (Å²) in [5.74, 6) is 0.0207. The number of hydrogen-bond donors (Lipinski definition) is 1. The number of hydrogen-bond acceptors (Lipinski definition) is 2. The number of rotatable bonds is 2. The molecule has 1 saturated heterocycles. The molecule has 4 nitrogen and oxygen atoms in total. The molecule has 0 radical (unpaired) electrons. The van der Waals surface area contributed by atoms with Gasteiger partial charge in [0.05, 0.1) is 0 Å². The molecule has 1 aliphatic heterocycles. The van der Waals surface area contributed by atoms with Gasteiger partial charge in [-0.05, 0) is 44.2 Å². The molecule has 21 heavy (non-hydrogen) atoms. The molecule has 2 fully saturated rings. The van der Waals surface area contributed by atoms with Crippen molar-refractivity contribution in [2.24, 2.45) is 11.7 Å². The normalized spacial score (nSPS) is 28.2. The monoisotopic (exact) mass is 286 g/mol. The van der Waals surface area contributed by atoms with Crippen LogP contribution in [0.25, 0.3) is 0 Å². The van der Waals surface area contributed by atoms with Crippen molar-refractivity contribution in [2.45, 2.75) is 51.1 Å². The number of carbonyl (C=O) groups is 2. The summed E-state index contributed by atoms with van der Waals surface area (Å²) in [6.07, 6.45) is 5.15. The third-order valence-corrected chi connectivity index (χ3v) is 4.92. The molecule has 1 saturated carbocycles. The maximum absolute atomic E-state index is 12.9. The Hall–Kier alpha value is -1.84. The van der Waals surface area contributed by atoms with Crippen molar-refractivity contribution in [1.82, 2.24) is 4.90 Å². The Kier molecular flexibility index (Phi) is 3.70. The number of carbonyl (C=O) groups excluding carboxylic acids is 2. The average molecular weight is 286 g/mol. The molecule has 1 aromatic carbocycles. The lowest BCUT2D eigenvalue weighted by molar-refractivity contribution is -0.122. The lowest BCUT2D eigenvalue weighted by atomic mass is 9.84. The van der Waals surface area contributed by atoms with E-state index in [0.717, 1.165) is 31.2 Å². The number of amides is 2. The fourth-order valence-electron chi connectivity index (χ4n) is 3.93. The van der Waals surface area contributed by atoms with Gasteiger partial charge in [0, 0.05) is 11.6 Å². The second kappa shape index (κ2) is 5.51. The lowest BCUT2D eigenvalue weighted by Crippen LogP contribution is -2.48. The van der Waals surface area contributed by atoms with Gasteiger partial charge in [-0.15, -0.1) is 0 Å². The minimum atomic E-state index is -0.439. The number of aryl methyl sites for hydroxylation is 1. The van der Waals surface area contributed by atoms with E-state index in [2.05, 4.69) is 0 Å². The van der Waals surface area contributed by atoms with E-state index < -0.39 is 6.04 Å². The van der Waals surface area contributed by atoms with Crippen LogP contribution in [0, 0.1) is 12.8 Å². The van der Waals surface area contributed by atoms with Gasteiger partial charge in [0.1, 0.15) is 6.04 Å². The van der Waals surface area contributed by atoms with Crippen LogP contribution >= 0.6 is 0 Å². The smallest absolute Gasteiger partial charge is 0.254 e. The first-order chi connectivity index (χ1) is 10.1. The molecule has 2 amide bonds. The summed E-state index contributed by atoms with van der Waals surface area (Å²) in [7, 11) is 0. The first-order valence-corrected chi connectivity index (χ1v) is 7.76. The molecule has 1 heterocycles. The van der Waals surface area contributed by atoms with Gasteiger partial charge in [-0.25, -0.2) is 0 Å². The molecule has 112 valence electrons. The molecule has 0 bridgehead atoms. The Bertz CT molecular complexity index is 570. The average Bonchev–Trinajstić information content (AvgIpc) is 2.86. The number of likely N-dealkylation sites (tertiary alicyclic amines) is 1. The number of nitrogens with zero attached hydrogens (tertiary/aromatic N) is 1. The van der Waals surface area contributed by atoms with Gasteiger partial charge in [0.2, 0.25) is 5.91 Å². The zero-order valence-electron chi connectivity index (χ0n) is 12.4. The Morgan fingerprint density at radius 3 is 2.71 bits per heavy atom. The predicted octanol–water partition coefficient (Wildman–Crippen LogP) is 2.25. The van der Waals surface area contributed by atoms with Gasteiger partial charge in [0.25, 0.3) is 5.91 Å². The highest BCUT2D eigenvalue weighted by Crippen LogP contribution is 2.40. The van der Waals surface area contributed by atoms with Gasteiger partial charge in [-0.1, -0.05) is 30.5 Å². The van der Waals surface area contributed by atoms with E-state index in [0.29, 0.717) is 11.5 Å². The van der Waals surface area contributed by atoms with Crippen molar-refractivity contribution in [1.29, 1.82) is 0 Å².